The highest BCUT2D eigenvalue weighted by atomic mass is 35.5. The Morgan fingerprint density at radius 3 is 2.31 bits per heavy atom. The summed E-state index contributed by atoms with van der Waals surface area (Å²) in [6.45, 7) is 2.50. The number of hydrogen-bond acceptors (Lipinski definition) is 4. The molecule has 0 atom stereocenters. The van der Waals surface area contributed by atoms with Crippen molar-refractivity contribution in [3.8, 4) is 0 Å². The van der Waals surface area contributed by atoms with Crippen molar-refractivity contribution < 1.29 is 22.0 Å². The number of nitrogens with one attached hydrogen (secondary N) is 1. The number of sulfonamides is 1. The highest BCUT2D eigenvalue weighted by Crippen LogP contribution is 2.24. The minimum Gasteiger partial charge on any atom is -0.325 e. The van der Waals surface area contributed by atoms with E-state index in [1.807, 2.05) is 6.92 Å². The summed E-state index contributed by atoms with van der Waals surface area (Å²) in [6, 6.07) is 8.13. The monoisotopic (exact) mass is 443 g/mol. The lowest BCUT2D eigenvalue weighted by Crippen LogP contribution is -2.50. The highest BCUT2D eigenvalue weighted by molar-refractivity contribution is 7.89. The maximum Gasteiger partial charge on any atom is 0.249 e. The first-order chi connectivity index (χ1) is 13.7. The summed E-state index contributed by atoms with van der Waals surface area (Å²) in [6.07, 6.45) is 0. The standard InChI is InChI=1S/C19H20ClF2N3O3S/c1-13-5-6-14(11-15(13)20)23-18(26)12-24-7-9-25(10-8-24)29(27,28)19-16(21)3-2-4-17(19)22/h2-6,11H,7-10,12H2,1H3,(H,23,26). The van der Waals surface area contributed by atoms with Gasteiger partial charge in [-0.1, -0.05) is 23.7 Å². The van der Waals surface area contributed by atoms with Gasteiger partial charge in [-0.05, 0) is 36.8 Å². The Labute approximate surface area is 173 Å². The highest BCUT2D eigenvalue weighted by Gasteiger charge is 2.33. The average Bonchev–Trinajstić information content (AvgIpc) is 2.65. The number of nitrogens with zero attached hydrogens (tertiary/aromatic N) is 2. The first kappa shape index (κ1) is 21.6. The third kappa shape index (κ3) is 4.92. The Morgan fingerprint density at radius 2 is 1.72 bits per heavy atom. The van der Waals surface area contributed by atoms with Crippen molar-refractivity contribution in [3.05, 3.63) is 58.6 Å². The van der Waals surface area contributed by atoms with Gasteiger partial charge >= 0.3 is 0 Å². The van der Waals surface area contributed by atoms with Crippen molar-refractivity contribution in [2.24, 2.45) is 0 Å². The molecule has 0 aromatic heterocycles. The third-order valence-corrected chi connectivity index (χ3v) is 7.03. The third-order valence-electron chi connectivity index (χ3n) is 4.67. The maximum atomic E-state index is 13.9. The first-order valence-corrected chi connectivity index (χ1v) is 10.7. The molecule has 1 N–H and O–H groups in total. The molecule has 1 heterocycles. The quantitative estimate of drug-likeness (QED) is 0.771. The summed E-state index contributed by atoms with van der Waals surface area (Å²) < 4.78 is 54.0. The molecule has 2 aromatic carbocycles. The molecular formula is C19H20ClF2N3O3S. The lowest BCUT2D eigenvalue weighted by molar-refractivity contribution is -0.117. The van der Waals surface area contributed by atoms with Crippen molar-refractivity contribution >= 4 is 33.2 Å². The van der Waals surface area contributed by atoms with E-state index in [-0.39, 0.29) is 38.6 Å². The van der Waals surface area contributed by atoms with Crippen LogP contribution in [-0.2, 0) is 14.8 Å². The van der Waals surface area contributed by atoms with Gasteiger partial charge in [0.1, 0.15) is 11.6 Å². The first-order valence-electron chi connectivity index (χ1n) is 8.91. The van der Waals surface area contributed by atoms with Crippen LogP contribution in [0.5, 0.6) is 0 Å². The van der Waals surface area contributed by atoms with E-state index in [0.717, 1.165) is 28.1 Å². The Balaban J connectivity index is 1.59. The van der Waals surface area contributed by atoms with Crippen LogP contribution in [0.1, 0.15) is 5.56 Å². The second-order valence-corrected chi connectivity index (χ2v) is 9.03. The number of rotatable bonds is 5. The molecule has 1 aliphatic rings. The van der Waals surface area contributed by atoms with Crippen LogP contribution in [0.3, 0.4) is 0 Å². The fourth-order valence-electron chi connectivity index (χ4n) is 3.06. The predicted octanol–water partition coefficient (Wildman–Crippen LogP) is 2.87. The summed E-state index contributed by atoms with van der Waals surface area (Å²) in [5, 5.41) is 3.29. The number of carbonyl (C=O) groups is 1. The number of piperazine rings is 1. The van der Waals surface area contributed by atoms with Crippen LogP contribution < -0.4 is 5.32 Å². The van der Waals surface area contributed by atoms with Crippen LogP contribution in [0.4, 0.5) is 14.5 Å². The average molecular weight is 444 g/mol. The molecular weight excluding hydrogens is 424 g/mol. The van der Waals surface area contributed by atoms with Gasteiger partial charge < -0.3 is 5.32 Å². The molecule has 1 aliphatic heterocycles. The molecule has 1 amide bonds. The lowest BCUT2D eigenvalue weighted by Gasteiger charge is -2.33. The molecule has 156 valence electrons. The second kappa shape index (κ2) is 8.74. The summed E-state index contributed by atoms with van der Waals surface area (Å²) >= 11 is 6.04. The van der Waals surface area contributed by atoms with Gasteiger partial charge in [-0.3, -0.25) is 9.69 Å². The van der Waals surface area contributed by atoms with Gasteiger partial charge in [0.2, 0.25) is 15.9 Å². The number of aryl methyl sites for hydroxylation is 1. The minimum atomic E-state index is -4.29. The summed E-state index contributed by atoms with van der Waals surface area (Å²) in [5.41, 5.74) is 1.47. The lowest BCUT2D eigenvalue weighted by atomic mass is 10.2. The van der Waals surface area contributed by atoms with Crippen molar-refractivity contribution in [1.82, 2.24) is 9.21 Å². The van der Waals surface area contributed by atoms with Crippen molar-refractivity contribution in [2.75, 3.05) is 38.0 Å². The Bertz CT molecular complexity index is 1010. The number of hydrogen-bond donors (Lipinski definition) is 1. The van der Waals surface area contributed by atoms with Gasteiger partial charge in [0.15, 0.2) is 4.90 Å². The van der Waals surface area contributed by atoms with Crippen LogP contribution in [0.15, 0.2) is 41.3 Å². The molecule has 0 unspecified atom stereocenters. The number of amides is 1. The normalized spacial score (nSPS) is 16.0. The zero-order valence-corrected chi connectivity index (χ0v) is 17.2. The molecule has 1 saturated heterocycles. The van der Waals surface area contributed by atoms with Crippen molar-refractivity contribution in [2.45, 2.75) is 11.8 Å². The van der Waals surface area contributed by atoms with Gasteiger partial charge in [0, 0.05) is 36.9 Å². The number of carbonyl (C=O) groups excluding carboxylic acids is 1. The van der Waals surface area contributed by atoms with Gasteiger partial charge in [-0.2, -0.15) is 4.31 Å². The number of anilines is 1. The van der Waals surface area contributed by atoms with E-state index in [1.54, 1.807) is 23.1 Å². The summed E-state index contributed by atoms with van der Waals surface area (Å²) in [5.74, 6) is -2.51. The van der Waals surface area contributed by atoms with Gasteiger partial charge in [0.25, 0.3) is 0 Å². The molecule has 0 spiro atoms. The molecule has 3 rings (SSSR count). The smallest absolute Gasteiger partial charge is 0.249 e. The fraction of sp³-hybridized carbons (Fsp3) is 0.316. The van der Waals surface area contributed by atoms with Crippen LogP contribution in [-0.4, -0.2) is 56.3 Å². The SMILES string of the molecule is Cc1ccc(NC(=O)CN2CCN(S(=O)(=O)c3c(F)cccc3F)CC2)cc1Cl. The molecule has 0 radical (unpaired) electrons. The molecule has 2 aromatic rings. The topological polar surface area (TPSA) is 69.7 Å². The summed E-state index contributed by atoms with van der Waals surface area (Å²) in [4.78, 5) is 13.1. The Hall–Kier alpha value is -2.07. The van der Waals surface area contributed by atoms with Gasteiger partial charge in [0.05, 0.1) is 6.54 Å². The molecule has 0 bridgehead atoms. The van der Waals surface area contributed by atoms with Crippen LogP contribution in [0.2, 0.25) is 5.02 Å². The van der Waals surface area contributed by atoms with Crippen LogP contribution >= 0.6 is 11.6 Å². The number of benzene rings is 2. The predicted molar refractivity (Wildman–Crippen MR) is 106 cm³/mol. The molecule has 6 nitrogen and oxygen atoms in total. The van der Waals surface area contributed by atoms with E-state index in [9.17, 15) is 22.0 Å². The molecule has 10 heteroatoms. The van der Waals surface area contributed by atoms with E-state index < -0.39 is 26.6 Å². The molecule has 1 fully saturated rings. The molecule has 29 heavy (non-hydrogen) atoms. The van der Waals surface area contributed by atoms with Gasteiger partial charge in [-0.25, -0.2) is 17.2 Å². The van der Waals surface area contributed by atoms with E-state index in [0.29, 0.717) is 10.7 Å². The van der Waals surface area contributed by atoms with E-state index in [2.05, 4.69) is 5.32 Å². The fourth-order valence-corrected chi connectivity index (χ4v) is 4.77. The molecule has 0 aliphatic carbocycles. The van der Waals surface area contributed by atoms with Crippen molar-refractivity contribution in [3.63, 3.8) is 0 Å². The van der Waals surface area contributed by atoms with E-state index >= 15 is 0 Å². The van der Waals surface area contributed by atoms with E-state index in [4.69, 9.17) is 11.6 Å². The Kier molecular flexibility index (Phi) is 6.52. The molecule has 0 saturated carbocycles. The number of halogens is 3. The van der Waals surface area contributed by atoms with Gasteiger partial charge in [-0.15, -0.1) is 0 Å². The van der Waals surface area contributed by atoms with Crippen LogP contribution in [0, 0.1) is 18.6 Å². The van der Waals surface area contributed by atoms with E-state index in [1.165, 1.54) is 0 Å². The Morgan fingerprint density at radius 1 is 1.10 bits per heavy atom. The zero-order chi connectivity index (χ0) is 21.2. The minimum absolute atomic E-state index is 0.0275. The zero-order valence-electron chi connectivity index (χ0n) is 15.7. The van der Waals surface area contributed by atoms with Crippen LogP contribution in [0.25, 0.3) is 0 Å². The summed E-state index contributed by atoms with van der Waals surface area (Å²) in [7, 11) is -4.29. The second-order valence-electron chi connectivity index (χ2n) is 6.74. The van der Waals surface area contributed by atoms with Crippen molar-refractivity contribution in [1.29, 1.82) is 0 Å². The maximum absolute atomic E-state index is 13.9. The largest absolute Gasteiger partial charge is 0.325 e.